The molecule has 1 aromatic carbocycles. The SMILES string of the molecule is Cn1ccc(COc2c(F)cc(C#N)cc2Br)n1. The molecule has 0 saturated heterocycles. The molecule has 0 aliphatic heterocycles. The van der Waals surface area contributed by atoms with E-state index in [4.69, 9.17) is 10.00 Å². The van der Waals surface area contributed by atoms with Crippen LogP contribution in [0.1, 0.15) is 11.3 Å². The minimum Gasteiger partial charge on any atom is -0.483 e. The highest BCUT2D eigenvalue weighted by Crippen LogP contribution is 2.30. The number of halogens is 2. The molecule has 1 aromatic heterocycles. The number of rotatable bonds is 3. The quantitative estimate of drug-likeness (QED) is 0.876. The van der Waals surface area contributed by atoms with Crippen LogP contribution in [0.3, 0.4) is 0 Å². The second kappa shape index (κ2) is 5.19. The third-order valence-corrected chi connectivity index (χ3v) is 2.85. The molecular weight excluding hydrogens is 301 g/mol. The molecule has 2 aromatic rings. The zero-order chi connectivity index (χ0) is 13.1. The number of aromatic nitrogens is 2. The number of nitriles is 1. The van der Waals surface area contributed by atoms with Gasteiger partial charge in [0.15, 0.2) is 11.6 Å². The first kappa shape index (κ1) is 12.6. The van der Waals surface area contributed by atoms with Gasteiger partial charge >= 0.3 is 0 Å². The number of hydrogen-bond acceptors (Lipinski definition) is 3. The summed E-state index contributed by atoms with van der Waals surface area (Å²) in [5.74, 6) is -0.489. The Labute approximate surface area is 112 Å². The van der Waals surface area contributed by atoms with Crippen molar-refractivity contribution in [2.24, 2.45) is 7.05 Å². The molecule has 0 radical (unpaired) electrons. The lowest BCUT2D eigenvalue weighted by atomic mass is 10.2. The summed E-state index contributed by atoms with van der Waals surface area (Å²) in [7, 11) is 1.79. The molecule has 4 nitrogen and oxygen atoms in total. The maximum absolute atomic E-state index is 13.7. The Bertz CT molecular complexity index is 595. The predicted octanol–water partition coefficient (Wildman–Crippen LogP) is 2.77. The van der Waals surface area contributed by atoms with Gasteiger partial charge in [-0.1, -0.05) is 0 Å². The van der Waals surface area contributed by atoms with Crippen LogP contribution in [0, 0.1) is 17.1 Å². The first-order valence-electron chi connectivity index (χ1n) is 5.10. The summed E-state index contributed by atoms with van der Waals surface area (Å²) in [6, 6.07) is 6.31. The van der Waals surface area contributed by atoms with E-state index in [0.717, 1.165) is 6.07 Å². The van der Waals surface area contributed by atoms with Gasteiger partial charge in [0.05, 0.1) is 21.8 Å². The molecule has 0 bridgehead atoms. The first-order valence-corrected chi connectivity index (χ1v) is 5.90. The lowest BCUT2D eigenvalue weighted by Gasteiger charge is -2.08. The van der Waals surface area contributed by atoms with Crippen LogP contribution in [-0.2, 0) is 13.7 Å². The largest absolute Gasteiger partial charge is 0.483 e. The van der Waals surface area contributed by atoms with E-state index in [9.17, 15) is 4.39 Å². The number of benzene rings is 1. The van der Waals surface area contributed by atoms with Gasteiger partial charge in [0.2, 0.25) is 0 Å². The molecule has 92 valence electrons. The molecule has 2 rings (SSSR count). The number of nitrogens with zero attached hydrogens (tertiary/aromatic N) is 3. The van der Waals surface area contributed by atoms with Gasteiger partial charge in [-0.2, -0.15) is 10.4 Å². The average molecular weight is 310 g/mol. The Kier molecular flexibility index (Phi) is 3.63. The molecule has 0 fully saturated rings. The van der Waals surface area contributed by atoms with E-state index in [0.29, 0.717) is 10.2 Å². The molecule has 0 amide bonds. The normalized spacial score (nSPS) is 10.1. The van der Waals surface area contributed by atoms with Crippen molar-refractivity contribution in [3.63, 3.8) is 0 Å². The fourth-order valence-corrected chi connectivity index (χ4v) is 2.00. The Morgan fingerprint density at radius 2 is 2.33 bits per heavy atom. The summed E-state index contributed by atoms with van der Waals surface area (Å²) in [4.78, 5) is 0. The van der Waals surface area contributed by atoms with Crippen LogP contribution < -0.4 is 4.74 Å². The van der Waals surface area contributed by atoms with Gasteiger partial charge in [-0.3, -0.25) is 4.68 Å². The number of hydrogen-bond donors (Lipinski definition) is 0. The lowest BCUT2D eigenvalue weighted by molar-refractivity contribution is 0.283. The van der Waals surface area contributed by atoms with Crippen LogP contribution >= 0.6 is 15.9 Å². The monoisotopic (exact) mass is 309 g/mol. The van der Waals surface area contributed by atoms with Crippen molar-refractivity contribution in [1.29, 1.82) is 5.26 Å². The molecule has 0 saturated carbocycles. The van der Waals surface area contributed by atoms with Gasteiger partial charge in [-0.25, -0.2) is 4.39 Å². The molecule has 0 N–H and O–H groups in total. The fraction of sp³-hybridized carbons (Fsp3) is 0.167. The van der Waals surface area contributed by atoms with Gasteiger partial charge in [-0.15, -0.1) is 0 Å². The van der Waals surface area contributed by atoms with Crippen molar-refractivity contribution in [3.05, 3.63) is 45.9 Å². The van der Waals surface area contributed by atoms with E-state index >= 15 is 0 Å². The summed E-state index contributed by atoms with van der Waals surface area (Å²) < 4.78 is 21.1. The van der Waals surface area contributed by atoms with Crippen LogP contribution in [-0.4, -0.2) is 9.78 Å². The zero-order valence-electron chi connectivity index (χ0n) is 9.52. The average Bonchev–Trinajstić information content (AvgIpc) is 2.73. The van der Waals surface area contributed by atoms with Crippen LogP contribution in [0.25, 0.3) is 0 Å². The zero-order valence-corrected chi connectivity index (χ0v) is 11.1. The van der Waals surface area contributed by atoms with Gasteiger partial charge in [-0.05, 0) is 34.1 Å². The van der Waals surface area contributed by atoms with Crippen LogP contribution in [0.15, 0.2) is 28.9 Å². The highest BCUT2D eigenvalue weighted by atomic mass is 79.9. The Hall–Kier alpha value is -1.87. The van der Waals surface area contributed by atoms with Gasteiger partial charge < -0.3 is 4.74 Å². The third kappa shape index (κ3) is 2.68. The van der Waals surface area contributed by atoms with Crippen LogP contribution in [0.2, 0.25) is 0 Å². The summed E-state index contributed by atoms with van der Waals surface area (Å²) in [5.41, 5.74) is 0.942. The highest BCUT2D eigenvalue weighted by Gasteiger charge is 2.11. The topological polar surface area (TPSA) is 50.8 Å². The Balaban J connectivity index is 2.17. The molecule has 0 spiro atoms. The van der Waals surface area contributed by atoms with Crippen molar-refractivity contribution < 1.29 is 9.13 Å². The summed E-state index contributed by atoms with van der Waals surface area (Å²) in [5, 5.41) is 12.8. The third-order valence-electron chi connectivity index (χ3n) is 2.26. The molecule has 0 atom stereocenters. The van der Waals surface area contributed by atoms with Crippen molar-refractivity contribution >= 4 is 15.9 Å². The second-order valence-electron chi connectivity index (χ2n) is 3.65. The van der Waals surface area contributed by atoms with Crippen molar-refractivity contribution in [3.8, 4) is 11.8 Å². The Morgan fingerprint density at radius 3 is 2.89 bits per heavy atom. The summed E-state index contributed by atoms with van der Waals surface area (Å²) >= 11 is 3.18. The second-order valence-corrected chi connectivity index (χ2v) is 4.50. The molecule has 18 heavy (non-hydrogen) atoms. The smallest absolute Gasteiger partial charge is 0.169 e. The van der Waals surface area contributed by atoms with Crippen molar-refractivity contribution in [1.82, 2.24) is 9.78 Å². The number of aryl methyl sites for hydroxylation is 1. The molecule has 6 heteroatoms. The van der Waals surface area contributed by atoms with E-state index in [-0.39, 0.29) is 17.9 Å². The minimum atomic E-state index is -0.572. The lowest BCUT2D eigenvalue weighted by Crippen LogP contribution is -2.00. The molecule has 0 unspecified atom stereocenters. The van der Waals surface area contributed by atoms with E-state index in [2.05, 4.69) is 21.0 Å². The molecule has 1 heterocycles. The maximum Gasteiger partial charge on any atom is 0.169 e. The van der Waals surface area contributed by atoms with Gasteiger partial charge in [0, 0.05) is 13.2 Å². The van der Waals surface area contributed by atoms with Crippen molar-refractivity contribution in [2.75, 3.05) is 0 Å². The molecule has 0 aliphatic rings. The van der Waals surface area contributed by atoms with E-state index in [1.807, 2.05) is 6.07 Å². The van der Waals surface area contributed by atoms with Gasteiger partial charge in [0.25, 0.3) is 0 Å². The van der Waals surface area contributed by atoms with E-state index < -0.39 is 5.82 Å². The minimum absolute atomic E-state index is 0.0830. The molecular formula is C12H9BrFN3O. The fourth-order valence-electron chi connectivity index (χ4n) is 1.45. The standard InChI is InChI=1S/C12H9BrFN3O/c1-17-3-2-9(16-17)7-18-12-10(13)4-8(6-15)5-11(12)14/h2-5H,7H2,1H3. The van der Waals surface area contributed by atoms with Crippen LogP contribution in [0.5, 0.6) is 5.75 Å². The first-order chi connectivity index (χ1) is 8.60. The van der Waals surface area contributed by atoms with E-state index in [1.54, 1.807) is 24.0 Å². The van der Waals surface area contributed by atoms with Gasteiger partial charge in [0.1, 0.15) is 6.61 Å². The summed E-state index contributed by atoms with van der Waals surface area (Å²) in [6.45, 7) is 0.169. The van der Waals surface area contributed by atoms with E-state index in [1.165, 1.54) is 6.07 Å². The maximum atomic E-state index is 13.7. The summed E-state index contributed by atoms with van der Waals surface area (Å²) in [6.07, 6.45) is 1.78. The number of ether oxygens (including phenoxy) is 1. The van der Waals surface area contributed by atoms with Crippen LogP contribution in [0.4, 0.5) is 4.39 Å². The van der Waals surface area contributed by atoms with Crippen molar-refractivity contribution in [2.45, 2.75) is 6.61 Å². The highest BCUT2D eigenvalue weighted by molar-refractivity contribution is 9.10. The Morgan fingerprint density at radius 1 is 1.56 bits per heavy atom. The molecule has 0 aliphatic carbocycles. The predicted molar refractivity (Wildman–Crippen MR) is 66.4 cm³/mol.